The quantitative estimate of drug-likeness (QED) is 0.572. The number of ether oxygens (including phenoxy) is 2. The van der Waals surface area contributed by atoms with Gasteiger partial charge in [0, 0.05) is 19.6 Å². The van der Waals surface area contributed by atoms with Gasteiger partial charge in [0.15, 0.2) is 0 Å². The number of carbonyl (C=O) groups excluding carboxylic acids is 1. The predicted octanol–water partition coefficient (Wildman–Crippen LogP) is 5.93. The van der Waals surface area contributed by atoms with E-state index >= 15 is 0 Å². The van der Waals surface area contributed by atoms with E-state index in [2.05, 4.69) is 11.0 Å². The molecule has 0 radical (unpaired) electrons. The van der Waals surface area contributed by atoms with E-state index in [4.69, 9.17) is 9.47 Å². The number of benzene rings is 2. The highest BCUT2D eigenvalue weighted by Gasteiger charge is 2.28. The lowest BCUT2D eigenvalue weighted by Gasteiger charge is -2.32. The van der Waals surface area contributed by atoms with Crippen LogP contribution in [0.25, 0.3) is 0 Å². The van der Waals surface area contributed by atoms with Crippen molar-refractivity contribution in [1.29, 1.82) is 0 Å². The zero-order chi connectivity index (χ0) is 22.6. The summed E-state index contributed by atoms with van der Waals surface area (Å²) >= 11 is 0. The highest BCUT2D eigenvalue weighted by atomic mass is 19.1. The van der Waals surface area contributed by atoms with E-state index in [1.165, 1.54) is 12.1 Å². The summed E-state index contributed by atoms with van der Waals surface area (Å²) in [7, 11) is 1.67. The molecule has 0 unspecified atom stereocenters. The van der Waals surface area contributed by atoms with Crippen LogP contribution in [0.3, 0.4) is 0 Å². The summed E-state index contributed by atoms with van der Waals surface area (Å²) in [5, 5.41) is 0. The first-order valence-corrected chi connectivity index (χ1v) is 10.8. The lowest BCUT2D eigenvalue weighted by atomic mass is 10.1. The van der Waals surface area contributed by atoms with Gasteiger partial charge in [0.05, 0.1) is 18.8 Å². The average molecular weight is 429 g/mol. The molecular weight excluding hydrogens is 395 g/mol. The van der Waals surface area contributed by atoms with Gasteiger partial charge in [0.2, 0.25) is 0 Å². The van der Waals surface area contributed by atoms with Gasteiger partial charge >= 0.3 is 6.09 Å². The summed E-state index contributed by atoms with van der Waals surface area (Å²) in [6.45, 7) is 9.75. The number of methoxy groups -OCH3 is 1. The van der Waals surface area contributed by atoms with Crippen LogP contribution in [0.1, 0.15) is 57.7 Å². The van der Waals surface area contributed by atoms with Crippen molar-refractivity contribution in [2.24, 2.45) is 0 Å². The highest BCUT2D eigenvalue weighted by Crippen LogP contribution is 2.33. The summed E-state index contributed by atoms with van der Waals surface area (Å²) in [5.41, 5.74) is 2.11. The molecule has 0 saturated carbocycles. The van der Waals surface area contributed by atoms with E-state index in [1.807, 2.05) is 45.9 Å². The van der Waals surface area contributed by atoms with Crippen molar-refractivity contribution in [3.05, 3.63) is 59.4 Å². The third kappa shape index (κ3) is 5.90. The topological polar surface area (TPSA) is 42.0 Å². The van der Waals surface area contributed by atoms with Crippen LogP contribution in [0.2, 0.25) is 0 Å². The Morgan fingerprint density at radius 2 is 1.87 bits per heavy atom. The molecule has 168 valence electrons. The minimum Gasteiger partial charge on any atom is -0.495 e. The van der Waals surface area contributed by atoms with Gasteiger partial charge in [-0.15, -0.1) is 0 Å². The Labute approximate surface area is 184 Å². The number of hydrogen-bond donors (Lipinski definition) is 0. The molecular formula is C25H33FN2O3. The van der Waals surface area contributed by atoms with Crippen LogP contribution in [0.4, 0.5) is 14.9 Å². The fraction of sp³-hybridized carbons (Fsp3) is 0.480. The minimum absolute atomic E-state index is 0.325. The first-order valence-electron chi connectivity index (χ1n) is 10.8. The van der Waals surface area contributed by atoms with Gasteiger partial charge in [0.1, 0.15) is 17.2 Å². The first kappa shape index (κ1) is 22.9. The normalized spacial score (nSPS) is 15.0. The van der Waals surface area contributed by atoms with Gasteiger partial charge in [-0.05, 0) is 75.9 Å². The molecule has 3 rings (SSSR count). The van der Waals surface area contributed by atoms with Gasteiger partial charge in [-0.3, -0.25) is 4.90 Å². The number of halogens is 1. The van der Waals surface area contributed by atoms with Crippen LogP contribution >= 0.6 is 0 Å². The maximum Gasteiger partial charge on any atom is 0.411 e. The molecule has 0 aliphatic carbocycles. The molecule has 1 heterocycles. The molecule has 0 aromatic heterocycles. The van der Waals surface area contributed by atoms with E-state index in [-0.39, 0.29) is 11.9 Å². The number of nitrogens with zero attached hydrogens (tertiary/aromatic N) is 2. The number of amides is 1. The lowest BCUT2D eigenvalue weighted by molar-refractivity contribution is 0.0153. The van der Waals surface area contributed by atoms with Crippen molar-refractivity contribution in [1.82, 2.24) is 4.90 Å². The molecule has 31 heavy (non-hydrogen) atoms. The van der Waals surface area contributed by atoms with E-state index in [0.717, 1.165) is 48.5 Å². The number of carbonyl (C=O) groups is 1. The van der Waals surface area contributed by atoms with Crippen molar-refractivity contribution in [3.8, 4) is 5.75 Å². The smallest absolute Gasteiger partial charge is 0.411 e. The Morgan fingerprint density at radius 3 is 2.48 bits per heavy atom. The van der Waals surface area contributed by atoms with Crippen molar-refractivity contribution in [2.45, 2.75) is 58.7 Å². The van der Waals surface area contributed by atoms with E-state index in [9.17, 15) is 9.18 Å². The fourth-order valence-electron chi connectivity index (χ4n) is 3.86. The number of anilines is 1. The average Bonchev–Trinajstić information content (AvgIpc) is 3.24. The molecule has 1 aliphatic rings. The van der Waals surface area contributed by atoms with Crippen LogP contribution < -0.4 is 9.64 Å². The number of hydrogen-bond acceptors (Lipinski definition) is 4. The Hall–Kier alpha value is -2.76. The van der Waals surface area contributed by atoms with Gasteiger partial charge < -0.3 is 14.4 Å². The predicted molar refractivity (Wildman–Crippen MR) is 121 cm³/mol. The molecule has 0 spiro atoms. The molecule has 5 nitrogen and oxygen atoms in total. The van der Waals surface area contributed by atoms with E-state index in [1.54, 1.807) is 18.1 Å². The zero-order valence-electron chi connectivity index (χ0n) is 19.2. The number of rotatable bonds is 6. The summed E-state index contributed by atoms with van der Waals surface area (Å²) in [5.74, 6) is 0.502. The summed E-state index contributed by atoms with van der Waals surface area (Å²) < 4.78 is 25.1. The Morgan fingerprint density at radius 1 is 1.16 bits per heavy atom. The molecule has 1 amide bonds. The van der Waals surface area contributed by atoms with E-state index < -0.39 is 11.7 Å². The first-order chi connectivity index (χ1) is 14.7. The van der Waals surface area contributed by atoms with E-state index in [0.29, 0.717) is 6.54 Å². The SMILES string of the molecule is COc1ccc(CN(C(=O)OC(C)(C)C)[C@H](C)c2cccc(F)c2)cc1N1CCCC1. The second-order valence-electron chi connectivity index (χ2n) is 9.04. The van der Waals surface area contributed by atoms with Gasteiger partial charge in [-0.1, -0.05) is 18.2 Å². The van der Waals surface area contributed by atoms with Crippen molar-refractivity contribution >= 4 is 11.8 Å². The molecule has 2 aromatic carbocycles. The standard InChI is InChI=1S/C25H33FN2O3/c1-18(20-9-8-10-21(26)16-20)28(24(29)31-25(2,3)4)17-19-11-12-23(30-5)22(15-19)27-13-6-7-14-27/h8-12,15-16,18H,6-7,13-14,17H2,1-5H3/t18-/m1/s1. The Bertz CT molecular complexity index is 904. The molecule has 1 saturated heterocycles. The zero-order valence-corrected chi connectivity index (χ0v) is 19.2. The molecule has 2 aromatic rings. The molecule has 0 N–H and O–H groups in total. The van der Waals surface area contributed by atoms with Crippen LogP contribution in [-0.4, -0.2) is 36.8 Å². The highest BCUT2D eigenvalue weighted by molar-refractivity contribution is 5.69. The molecule has 1 aliphatic heterocycles. The third-order valence-electron chi connectivity index (χ3n) is 5.47. The van der Waals surface area contributed by atoms with Crippen LogP contribution in [0.5, 0.6) is 5.75 Å². The summed E-state index contributed by atoms with van der Waals surface area (Å²) in [6, 6.07) is 12.0. The largest absolute Gasteiger partial charge is 0.495 e. The molecule has 1 fully saturated rings. The maximum atomic E-state index is 13.8. The van der Waals surface area contributed by atoms with Gasteiger partial charge in [-0.2, -0.15) is 0 Å². The van der Waals surface area contributed by atoms with Crippen molar-refractivity contribution < 1.29 is 18.7 Å². The third-order valence-corrected chi connectivity index (χ3v) is 5.47. The second kappa shape index (κ2) is 9.58. The fourth-order valence-corrected chi connectivity index (χ4v) is 3.86. The Kier molecular flexibility index (Phi) is 7.08. The summed E-state index contributed by atoms with van der Waals surface area (Å²) in [6.07, 6.45) is 1.89. The molecule has 6 heteroatoms. The van der Waals surface area contributed by atoms with Crippen LogP contribution in [0.15, 0.2) is 42.5 Å². The van der Waals surface area contributed by atoms with Crippen molar-refractivity contribution in [2.75, 3.05) is 25.1 Å². The Balaban J connectivity index is 1.92. The van der Waals surface area contributed by atoms with Crippen LogP contribution in [0, 0.1) is 5.82 Å². The molecule has 0 bridgehead atoms. The molecule has 1 atom stereocenters. The minimum atomic E-state index is -0.627. The maximum absolute atomic E-state index is 13.8. The van der Waals surface area contributed by atoms with Crippen LogP contribution in [-0.2, 0) is 11.3 Å². The monoisotopic (exact) mass is 428 g/mol. The second-order valence-corrected chi connectivity index (χ2v) is 9.04. The van der Waals surface area contributed by atoms with Gasteiger partial charge in [0.25, 0.3) is 0 Å². The van der Waals surface area contributed by atoms with Crippen molar-refractivity contribution in [3.63, 3.8) is 0 Å². The van der Waals surface area contributed by atoms with Gasteiger partial charge in [-0.25, -0.2) is 9.18 Å². The lowest BCUT2D eigenvalue weighted by Crippen LogP contribution is -2.38. The summed E-state index contributed by atoms with van der Waals surface area (Å²) in [4.78, 5) is 17.1.